The summed E-state index contributed by atoms with van der Waals surface area (Å²) in [6.07, 6.45) is 1.33. The van der Waals surface area contributed by atoms with Crippen LogP contribution in [-0.2, 0) is 16.8 Å². The molecule has 0 radical (unpaired) electrons. The quantitative estimate of drug-likeness (QED) is 0.654. The van der Waals surface area contributed by atoms with Crippen molar-refractivity contribution in [3.8, 4) is 5.75 Å². The minimum Gasteiger partial charge on any atom is -0.491 e. The number of fused-ring (bicyclic) bond motifs is 2. The van der Waals surface area contributed by atoms with E-state index in [1.54, 1.807) is 24.3 Å². The lowest BCUT2D eigenvalue weighted by Gasteiger charge is -2.22. The molecule has 138 valence electrons. The van der Waals surface area contributed by atoms with E-state index < -0.39 is 11.6 Å². The van der Waals surface area contributed by atoms with E-state index in [0.717, 1.165) is 17.5 Å². The predicted molar refractivity (Wildman–Crippen MR) is 98.6 cm³/mol. The zero-order valence-corrected chi connectivity index (χ0v) is 15.0. The minimum atomic E-state index is -0.953. The molecule has 2 aromatic carbocycles. The molecule has 0 saturated carbocycles. The summed E-state index contributed by atoms with van der Waals surface area (Å²) in [6.45, 7) is 1.73. The molecule has 1 atom stereocenters. The molecule has 1 N–H and O–H groups in total. The van der Waals surface area contributed by atoms with Crippen LogP contribution < -0.4 is 10.1 Å². The normalized spacial score (nSPS) is 20.7. The van der Waals surface area contributed by atoms with Crippen molar-refractivity contribution in [2.75, 3.05) is 13.2 Å². The molecule has 0 bridgehead atoms. The number of nitrogens with one attached hydrogen (secondary N) is 1. The van der Waals surface area contributed by atoms with Gasteiger partial charge in [-0.1, -0.05) is 36.4 Å². The van der Waals surface area contributed by atoms with Gasteiger partial charge < -0.3 is 10.1 Å². The predicted octanol–water partition coefficient (Wildman–Crippen LogP) is 2.66. The Morgan fingerprint density at radius 3 is 2.70 bits per heavy atom. The number of hydrogen-bond donors (Lipinski definition) is 1. The highest BCUT2D eigenvalue weighted by Gasteiger charge is 2.55. The van der Waals surface area contributed by atoms with Crippen LogP contribution in [0, 0.1) is 0 Å². The number of rotatable bonds is 5. The lowest BCUT2D eigenvalue weighted by Crippen LogP contribution is -2.42. The van der Waals surface area contributed by atoms with Crippen LogP contribution in [0.4, 0.5) is 4.79 Å². The SMILES string of the molecule is CC(=O)c1ccccc1OCCN1C(=O)N[C@@]2(CCc3ccccc32)C1=O. The number of amides is 3. The molecule has 1 aliphatic heterocycles. The number of benzene rings is 2. The van der Waals surface area contributed by atoms with Gasteiger partial charge in [0.25, 0.3) is 5.91 Å². The number of hydrogen-bond acceptors (Lipinski definition) is 4. The van der Waals surface area contributed by atoms with Gasteiger partial charge in [0, 0.05) is 0 Å². The average molecular weight is 364 g/mol. The first-order valence-corrected chi connectivity index (χ1v) is 8.98. The molecule has 0 aromatic heterocycles. The number of urea groups is 1. The molecule has 1 saturated heterocycles. The second kappa shape index (κ2) is 6.54. The largest absolute Gasteiger partial charge is 0.491 e. The van der Waals surface area contributed by atoms with E-state index in [1.165, 1.54) is 11.8 Å². The van der Waals surface area contributed by atoms with Gasteiger partial charge in [-0.2, -0.15) is 0 Å². The Labute approximate surface area is 157 Å². The minimum absolute atomic E-state index is 0.0953. The summed E-state index contributed by atoms with van der Waals surface area (Å²) < 4.78 is 5.68. The van der Waals surface area contributed by atoms with Crippen LogP contribution in [0.3, 0.4) is 0 Å². The molecule has 3 amide bonds. The Morgan fingerprint density at radius 1 is 1.15 bits per heavy atom. The number of ether oxygens (including phenoxy) is 1. The van der Waals surface area contributed by atoms with E-state index in [2.05, 4.69) is 5.32 Å². The first kappa shape index (κ1) is 17.3. The van der Waals surface area contributed by atoms with Gasteiger partial charge in [0.15, 0.2) is 5.78 Å². The first-order valence-electron chi connectivity index (χ1n) is 8.98. The molecule has 1 heterocycles. The van der Waals surface area contributed by atoms with Crippen molar-refractivity contribution in [3.63, 3.8) is 0 Å². The topological polar surface area (TPSA) is 75.7 Å². The Hall–Kier alpha value is -3.15. The zero-order valence-electron chi connectivity index (χ0n) is 15.0. The molecule has 1 aliphatic carbocycles. The fourth-order valence-corrected chi connectivity index (χ4v) is 3.92. The van der Waals surface area contributed by atoms with Crippen molar-refractivity contribution in [3.05, 3.63) is 65.2 Å². The summed E-state index contributed by atoms with van der Waals surface area (Å²) in [5.74, 6) is 0.126. The molecule has 6 heteroatoms. The highest BCUT2D eigenvalue weighted by Crippen LogP contribution is 2.41. The molecule has 4 rings (SSSR count). The fourth-order valence-electron chi connectivity index (χ4n) is 3.92. The number of para-hydroxylation sites is 1. The Bertz CT molecular complexity index is 939. The van der Waals surface area contributed by atoms with E-state index in [0.29, 0.717) is 17.7 Å². The second-order valence-corrected chi connectivity index (χ2v) is 6.85. The first-order chi connectivity index (χ1) is 13.0. The van der Waals surface area contributed by atoms with E-state index >= 15 is 0 Å². The maximum atomic E-state index is 13.1. The molecule has 1 spiro atoms. The van der Waals surface area contributed by atoms with Gasteiger partial charge >= 0.3 is 6.03 Å². The van der Waals surface area contributed by atoms with E-state index in [-0.39, 0.29) is 24.8 Å². The summed E-state index contributed by atoms with van der Waals surface area (Å²) >= 11 is 0. The van der Waals surface area contributed by atoms with Crippen LogP contribution >= 0.6 is 0 Å². The fraction of sp³-hybridized carbons (Fsp3) is 0.286. The monoisotopic (exact) mass is 364 g/mol. The van der Waals surface area contributed by atoms with Crippen molar-refractivity contribution in [1.29, 1.82) is 0 Å². The third kappa shape index (κ3) is 2.77. The van der Waals surface area contributed by atoms with Crippen LogP contribution in [-0.4, -0.2) is 35.8 Å². The summed E-state index contributed by atoms with van der Waals surface area (Å²) in [5.41, 5.74) is 1.51. The van der Waals surface area contributed by atoms with Crippen molar-refractivity contribution in [2.24, 2.45) is 0 Å². The van der Waals surface area contributed by atoms with Crippen LogP contribution in [0.15, 0.2) is 48.5 Å². The summed E-state index contributed by atoms with van der Waals surface area (Å²) in [4.78, 5) is 38.4. The number of carbonyl (C=O) groups excluding carboxylic acids is 3. The van der Waals surface area contributed by atoms with E-state index in [4.69, 9.17) is 4.74 Å². The van der Waals surface area contributed by atoms with Gasteiger partial charge in [0.2, 0.25) is 0 Å². The van der Waals surface area contributed by atoms with Crippen LogP contribution in [0.2, 0.25) is 0 Å². The molecular weight excluding hydrogens is 344 g/mol. The van der Waals surface area contributed by atoms with Gasteiger partial charge in [-0.15, -0.1) is 0 Å². The molecule has 1 fully saturated rings. The maximum Gasteiger partial charge on any atom is 0.325 e. The average Bonchev–Trinajstić information content (AvgIpc) is 3.15. The number of imide groups is 1. The standard InChI is InChI=1S/C21H20N2O4/c1-14(24)16-7-3-5-9-18(16)27-13-12-23-19(25)21(22-20(23)26)11-10-15-6-2-4-8-17(15)21/h2-9H,10-13H2,1H3,(H,22,26)/t21-/m1/s1. The maximum absolute atomic E-state index is 13.1. The highest BCUT2D eigenvalue weighted by molar-refractivity contribution is 6.08. The van der Waals surface area contributed by atoms with Gasteiger partial charge in [-0.25, -0.2) is 4.79 Å². The second-order valence-electron chi connectivity index (χ2n) is 6.85. The molecule has 2 aliphatic rings. The molecule has 27 heavy (non-hydrogen) atoms. The molecular formula is C21H20N2O4. The van der Waals surface area contributed by atoms with E-state index in [9.17, 15) is 14.4 Å². The van der Waals surface area contributed by atoms with Crippen molar-refractivity contribution < 1.29 is 19.1 Å². The Balaban J connectivity index is 1.48. The Morgan fingerprint density at radius 2 is 1.89 bits per heavy atom. The molecule has 0 unspecified atom stereocenters. The van der Waals surface area contributed by atoms with Crippen molar-refractivity contribution in [1.82, 2.24) is 10.2 Å². The van der Waals surface area contributed by atoms with Gasteiger partial charge in [0.05, 0.1) is 12.1 Å². The smallest absolute Gasteiger partial charge is 0.325 e. The lowest BCUT2D eigenvalue weighted by molar-refractivity contribution is -0.131. The summed E-state index contributed by atoms with van der Waals surface area (Å²) in [6, 6.07) is 14.3. The zero-order chi connectivity index (χ0) is 19.0. The third-order valence-corrected chi connectivity index (χ3v) is 5.26. The number of nitrogens with zero attached hydrogens (tertiary/aromatic N) is 1. The highest BCUT2D eigenvalue weighted by atomic mass is 16.5. The van der Waals surface area contributed by atoms with Crippen LogP contribution in [0.25, 0.3) is 0 Å². The van der Waals surface area contributed by atoms with Crippen molar-refractivity contribution >= 4 is 17.7 Å². The molecule has 2 aromatic rings. The van der Waals surface area contributed by atoms with E-state index in [1.807, 2.05) is 24.3 Å². The van der Waals surface area contributed by atoms with Crippen LogP contribution in [0.1, 0.15) is 34.8 Å². The molecule has 6 nitrogen and oxygen atoms in total. The number of Topliss-reactive ketones (excluding diaryl/α,β-unsaturated/α-hetero) is 1. The number of ketones is 1. The van der Waals surface area contributed by atoms with Gasteiger partial charge in [-0.3, -0.25) is 14.5 Å². The number of carbonyl (C=O) groups is 3. The lowest BCUT2D eigenvalue weighted by atomic mass is 9.92. The van der Waals surface area contributed by atoms with Crippen LogP contribution in [0.5, 0.6) is 5.75 Å². The van der Waals surface area contributed by atoms with Crippen molar-refractivity contribution in [2.45, 2.75) is 25.3 Å². The third-order valence-electron chi connectivity index (χ3n) is 5.26. The summed E-state index contributed by atoms with van der Waals surface area (Å²) in [7, 11) is 0. The number of aryl methyl sites for hydroxylation is 1. The summed E-state index contributed by atoms with van der Waals surface area (Å²) in [5, 5.41) is 2.89. The Kier molecular flexibility index (Phi) is 4.18. The van der Waals surface area contributed by atoms with Gasteiger partial charge in [-0.05, 0) is 43.0 Å². The van der Waals surface area contributed by atoms with Gasteiger partial charge in [0.1, 0.15) is 17.9 Å².